The fourth-order valence-corrected chi connectivity index (χ4v) is 1.93. The Morgan fingerprint density at radius 2 is 2.58 bits per heavy atom. The van der Waals surface area contributed by atoms with Crippen LogP contribution in [0, 0.1) is 0 Å². The van der Waals surface area contributed by atoms with Gasteiger partial charge in [-0.3, -0.25) is 9.69 Å². The monoisotopic (exact) mass is 191 g/mol. The molecule has 1 aliphatic rings. The van der Waals surface area contributed by atoms with E-state index in [1.54, 1.807) is 11.8 Å². The topological polar surface area (TPSA) is 49.8 Å². The van der Waals surface area contributed by atoms with E-state index >= 15 is 0 Å². The molecular weight excluding hydrogens is 178 g/mol. The molecule has 0 aliphatic carbocycles. The maximum atomic E-state index is 10.7. The van der Waals surface area contributed by atoms with Crippen LogP contribution >= 0.6 is 11.8 Å². The molecule has 0 aromatic heterocycles. The Bertz CT molecular complexity index is 159. The number of thioether (sulfide) groups is 1. The summed E-state index contributed by atoms with van der Waals surface area (Å²) in [5.41, 5.74) is 0. The van der Waals surface area contributed by atoms with Gasteiger partial charge in [0, 0.05) is 5.88 Å². The minimum absolute atomic E-state index is 0.391. The standard InChI is InChI=1S/C7H13NO3S/c1-2-6(7(9)10)8-3-11-5-12-4-8/h6H,2-5H2,1H3,(H,9,10). The van der Waals surface area contributed by atoms with Gasteiger partial charge in [-0.2, -0.15) is 0 Å². The van der Waals surface area contributed by atoms with Crippen molar-refractivity contribution < 1.29 is 14.6 Å². The van der Waals surface area contributed by atoms with Crippen LogP contribution < -0.4 is 0 Å². The number of rotatable bonds is 3. The Morgan fingerprint density at radius 1 is 1.83 bits per heavy atom. The SMILES string of the molecule is CCC(C(=O)O)N1COCSC1. The van der Waals surface area contributed by atoms with Crippen LogP contribution in [0.2, 0.25) is 0 Å². The van der Waals surface area contributed by atoms with Crippen molar-refractivity contribution in [3.8, 4) is 0 Å². The van der Waals surface area contributed by atoms with Crippen LogP contribution in [0.5, 0.6) is 0 Å². The molecule has 0 aromatic rings. The van der Waals surface area contributed by atoms with Gasteiger partial charge in [-0.05, 0) is 6.42 Å². The third-order valence-electron chi connectivity index (χ3n) is 1.79. The highest BCUT2D eigenvalue weighted by Crippen LogP contribution is 2.15. The van der Waals surface area contributed by atoms with E-state index in [4.69, 9.17) is 9.84 Å². The maximum absolute atomic E-state index is 10.7. The summed E-state index contributed by atoms with van der Waals surface area (Å²) in [5.74, 6) is 0.667. The largest absolute Gasteiger partial charge is 0.480 e. The summed E-state index contributed by atoms with van der Waals surface area (Å²) in [6, 6.07) is -0.391. The maximum Gasteiger partial charge on any atom is 0.321 e. The summed E-state index contributed by atoms with van der Waals surface area (Å²) < 4.78 is 5.14. The second kappa shape index (κ2) is 4.69. The number of nitrogens with zero attached hydrogens (tertiary/aromatic N) is 1. The molecule has 1 aliphatic heterocycles. The summed E-state index contributed by atoms with van der Waals surface area (Å²) in [5, 5.41) is 8.82. The average Bonchev–Trinajstić information content (AvgIpc) is 2.07. The number of hydrogen-bond donors (Lipinski definition) is 1. The van der Waals surface area contributed by atoms with E-state index in [9.17, 15) is 4.79 Å². The van der Waals surface area contributed by atoms with Crippen LogP contribution in [0.15, 0.2) is 0 Å². The summed E-state index contributed by atoms with van der Waals surface area (Å²) in [6.45, 7) is 2.32. The predicted molar refractivity (Wildman–Crippen MR) is 46.8 cm³/mol. The zero-order valence-electron chi connectivity index (χ0n) is 7.02. The Balaban J connectivity index is 2.46. The molecule has 1 unspecified atom stereocenters. The molecule has 70 valence electrons. The second-order valence-electron chi connectivity index (χ2n) is 2.64. The zero-order chi connectivity index (χ0) is 8.97. The van der Waals surface area contributed by atoms with E-state index < -0.39 is 12.0 Å². The molecule has 4 nitrogen and oxygen atoms in total. The third kappa shape index (κ3) is 2.36. The van der Waals surface area contributed by atoms with Crippen molar-refractivity contribution >= 4 is 17.7 Å². The lowest BCUT2D eigenvalue weighted by Gasteiger charge is -2.30. The van der Waals surface area contributed by atoms with Gasteiger partial charge in [-0.25, -0.2) is 0 Å². The number of hydrogen-bond acceptors (Lipinski definition) is 4. The molecule has 1 N–H and O–H groups in total. The summed E-state index contributed by atoms with van der Waals surface area (Å²) in [7, 11) is 0. The first kappa shape index (κ1) is 9.83. The molecule has 0 bridgehead atoms. The lowest BCUT2D eigenvalue weighted by Crippen LogP contribution is -2.43. The van der Waals surface area contributed by atoms with E-state index in [0.29, 0.717) is 19.1 Å². The molecule has 5 heteroatoms. The predicted octanol–water partition coefficient (Wildman–Crippen LogP) is 0.787. The molecule has 0 saturated carbocycles. The van der Waals surface area contributed by atoms with Gasteiger partial charge in [0.25, 0.3) is 0 Å². The molecule has 12 heavy (non-hydrogen) atoms. The highest BCUT2D eigenvalue weighted by molar-refractivity contribution is 7.99. The van der Waals surface area contributed by atoms with Gasteiger partial charge in [-0.1, -0.05) is 6.92 Å². The third-order valence-corrected chi connectivity index (χ3v) is 2.64. The molecule has 0 radical (unpaired) electrons. The van der Waals surface area contributed by atoms with Crippen LogP contribution in [0.25, 0.3) is 0 Å². The van der Waals surface area contributed by atoms with Crippen LogP contribution in [-0.2, 0) is 9.53 Å². The first-order chi connectivity index (χ1) is 5.75. The minimum atomic E-state index is -0.761. The first-order valence-electron chi connectivity index (χ1n) is 3.88. The fourth-order valence-electron chi connectivity index (χ4n) is 1.17. The van der Waals surface area contributed by atoms with E-state index in [0.717, 1.165) is 5.88 Å². The van der Waals surface area contributed by atoms with Crippen molar-refractivity contribution in [3.63, 3.8) is 0 Å². The van der Waals surface area contributed by atoms with Gasteiger partial charge >= 0.3 is 5.97 Å². The lowest BCUT2D eigenvalue weighted by molar-refractivity contribution is -0.145. The Kier molecular flexibility index (Phi) is 3.84. The van der Waals surface area contributed by atoms with Crippen molar-refractivity contribution in [2.45, 2.75) is 19.4 Å². The first-order valence-corrected chi connectivity index (χ1v) is 5.03. The summed E-state index contributed by atoms with van der Waals surface area (Å²) >= 11 is 1.60. The fraction of sp³-hybridized carbons (Fsp3) is 0.857. The average molecular weight is 191 g/mol. The summed E-state index contributed by atoms with van der Waals surface area (Å²) in [6.07, 6.45) is 0.624. The van der Waals surface area contributed by atoms with Crippen LogP contribution in [-0.4, -0.2) is 40.6 Å². The van der Waals surface area contributed by atoms with Gasteiger partial charge in [0.15, 0.2) is 0 Å². The van der Waals surface area contributed by atoms with Gasteiger partial charge < -0.3 is 9.84 Å². The molecule has 1 atom stereocenters. The molecule has 0 aromatic carbocycles. The molecule has 1 fully saturated rings. The molecule has 0 spiro atoms. The Labute approximate surface area is 75.9 Å². The number of carbonyl (C=O) groups is 1. The van der Waals surface area contributed by atoms with E-state index in [1.807, 2.05) is 11.8 Å². The Morgan fingerprint density at radius 3 is 3.00 bits per heavy atom. The molecule has 0 amide bonds. The Hall–Kier alpha value is -0.260. The lowest BCUT2D eigenvalue weighted by atomic mass is 10.2. The number of aliphatic carboxylic acids is 1. The van der Waals surface area contributed by atoms with Crippen LogP contribution in [0.1, 0.15) is 13.3 Å². The van der Waals surface area contributed by atoms with Crippen molar-refractivity contribution in [1.82, 2.24) is 4.90 Å². The number of carboxylic acids is 1. The van der Waals surface area contributed by atoms with Crippen molar-refractivity contribution in [2.75, 3.05) is 18.5 Å². The molecule has 1 saturated heterocycles. The van der Waals surface area contributed by atoms with E-state index in [2.05, 4.69) is 0 Å². The van der Waals surface area contributed by atoms with Gasteiger partial charge in [-0.15, -0.1) is 11.8 Å². The zero-order valence-corrected chi connectivity index (χ0v) is 7.84. The normalized spacial score (nSPS) is 22.1. The van der Waals surface area contributed by atoms with Crippen molar-refractivity contribution in [3.05, 3.63) is 0 Å². The molecule has 1 rings (SSSR count). The van der Waals surface area contributed by atoms with Crippen molar-refractivity contribution in [2.24, 2.45) is 0 Å². The second-order valence-corrected chi connectivity index (χ2v) is 3.54. The van der Waals surface area contributed by atoms with Gasteiger partial charge in [0.1, 0.15) is 12.8 Å². The van der Waals surface area contributed by atoms with Crippen LogP contribution in [0.4, 0.5) is 0 Å². The van der Waals surface area contributed by atoms with Gasteiger partial charge in [0.2, 0.25) is 0 Å². The quantitative estimate of drug-likeness (QED) is 0.714. The van der Waals surface area contributed by atoms with Crippen LogP contribution in [0.3, 0.4) is 0 Å². The molecular formula is C7H13NO3S. The molecule has 1 heterocycles. The smallest absolute Gasteiger partial charge is 0.321 e. The van der Waals surface area contributed by atoms with Crippen molar-refractivity contribution in [1.29, 1.82) is 0 Å². The van der Waals surface area contributed by atoms with Gasteiger partial charge in [0.05, 0.1) is 5.94 Å². The number of ether oxygens (including phenoxy) is 1. The number of carboxylic acid groups (broad SMARTS) is 1. The van der Waals surface area contributed by atoms with E-state index in [-0.39, 0.29) is 0 Å². The highest BCUT2D eigenvalue weighted by atomic mass is 32.2. The minimum Gasteiger partial charge on any atom is -0.480 e. The summed E-state index contributed by atoms with van der Waals surface area (Å²) in [4.78, 5) is 12.6. The highest BCUT2D eigenvalue weighted by Gasteiger charge is 2.25. The van der Waals surface area contributed by atoms with E-state index in [1.165, 1.54) is 0 Å².